The van der Waals surface area contributed by atoms with Gasteiger partial charge in [0.1, 0.15) is 16.7 Å². The quantitative estimate of drug-likeness (QED) is 0.749. The van der Waals surface area contributed by atoms with E-state index in [-0.39, 0.29) is 18.2 Å². The van der Waals surface area contributed by atoms with Gasteiger partial charge in [0, 0.05) is 13.5 Å². The predicted octanol–water partition coefficient (Wildman–Crippen LogP) is 3.68. The molecule has 0 aromatic heterocycles. The molecular formula is C21H23N3O4S. The number of benzene rings is 2. The standard InChI is InChI=1S/C21H23N3O4S/c1-4-28-15-11-9-14(10-12-15)22-21-24(2)20(26)18(29-21)13-19(25)23-16-7-5-6-8-17(16)27-3/h5-12,18H,4,13H2,1-3H3,(H,23,25). The molecule has 152 valence electrons. The average molecular weight is 413 g/mol. The minimum Gasteiger partial charge on any atom is -0.495 e. The van der Waals surface area contributed by atoms with Crippen LogP contribution >= 0.6 is 11.8 Å². The number of aliphatic imine (C=N–C) groups is 1. The summed E-state index contributed by atoms with van der Waals surface area (Å²) in [6.07, 6.45) is 0.0498. The second-order valence-electron chi connectivity index (χ2n) is 6.28. The van der Waals surface area contributed by atoms with E-state index in [0.717, 1.165) is 11.4 Å². The number of nitrogens with one attached hydrogen (secondary N) is 1. The number of hydrogen-bond acceptors (Lipinski definition) is 6. The second kappa shape index (κ2) is 9.47. The van der Waals surface area contributed by atoms with Crippen molar-refractivity contribution in [1.82, 2.24) is 4.90 Å². The van der Waals surface area contributed by atoms with Crippen LogP contribution in [0, 0.1) is 0 Å². The minimum absolute atomic E-state index is 0.0498. The summed E-state index contributed by atoms with van der Waals surface area (Å²) in [6, 6.07) is 14.5. The Morgan fingerprint density at radius 2 is 1.93 bits per heavy atom. The maximum Gasteiger partial charge on any atom is 0.242 e. The van der Waals surface area contributed by atoms with Crippen molar-refractivity contribution in [2.24, 2.45) is 4.99 Å². The highest BCUT2D eigenvalue weighted by atomic mass is 32.2. The Labute approximate surface area is 174 Å². The van der Waals surface area contributed by atoms with Gasteiger partial charge in [-0.25, -0.2) is 4.99 Å². The van der Waals surface area contributed by atoms with E-state index >= 15 is 0 Å². The second-order valence-corrected chi connectivity index (χ2v) is 7.45. The third-order valence-electron chi connectivity index (χ3n) is 4.26. The molecule has 0 bridgehead atoms. The molecule has 1 unspecified atom stereocenters. The van der Waals surface area contributed by atoms with Gasteiger partial charge in [0.05, 0.1) is 25.1 Å². The first-order chi connectivity index (χ1) is 14.0. The number of thioether (sulfide) groups is 1. The number of rotatable bonds is 7. The highest BCUT2D eigenvalue weighted by molar-refractivity contribution is 8.15. The molecule has 1 aliphatic heterocycles. The van der Waals surface area contributed by atoms with E-state index in [1.54, 1.807) is 26.3 Å². The lowest BCUT2D eigenvalue weighted by molar-refractivity contribution is -0.127. The molecule has 1 atom stereocenters. The van der Waals surface area contributed by atoms with Crippen LogP contribution in [0.5, 0.6) is 11.5 Å². The van der Waals surface area contributed by atoms with Crippen molar-refractivity contribution in [2.75, 3.05) is 26.1 Å². The van der Waals surface area contributed by atoms with Crippen molar-refractivity contribution in [3.63, 3.8) is 0 Å². The topological polar surface area (TPSA) is 80.2 Å². The van der Waals surface area contributed by atoms with Crippen LogP contribution in [-0.2, 0) is 9.59 Å². The van der Waals surface area contributed by atoms with E-state index in [4.69, 9.17) is 9.47 Å². The number of carbonyl (C=O) groups is 2. The summed E-state index contributed by atoms with van der Waals surface area (Å²) in [6.45, 7) is 2.52. The Hall–Kier alpha value is -3.00. The van der Waals surface area contributed by atoms with Gasteiger partial charge in [0.25, 0.3) is 0 Å². The van der Waals surface area contributed by atoms with Crippen molar-refractivity contribution < 1.29 is 19.1 Å². The van der Waals surface area contributed by atoms with Gasteiger partial charge in [-0.2, -0.15) is 0 Å². The number of ether oxygens (including phenoxy) is 2. The van der Waals surface area contributed by atoms with Crippen LogP contribution in [0.4, 0.5) is 11.4 Å². The Balaban J connectivity index is 1.65. The van der Waals surface area contributed by atoms with E-state index < -0.39 is 5.25 Å². The van der Waals surface area contributed by atoms with Gasteiger partial charge < -0.3 is 14.8 Å². The zero-order valence-electron chi connectivity index (χ0n) is 16.5. The smallest absolute Gasteiger partial charge is 0.242 e. The molecule has 7 nitrogen and oxygen atoms in total. The van der Waals surface area contributed by atoms with Crippen LogP contribution in [0.1, 0.15) is 13.3 Å². The van der Waals surface area contributed by atoms with E-state index in [1.807, 2.05) is 43.3 Å². The van der Waals surface area contributed by atoms with E-state index in [2.05, 4.69) is 10.3 Å². The molecule has 0 saturated carbocycles. The predicted molar refractivity (Wildman–Crippen MR) is 115 cm³/mol. The van der Waals surface area contributed by atoms with Crippen LogP contribution < -0.4 is 14.8 Å². The first-order valence-electron chi connectivity index (χ1n) is 9.20. The van der Waals surface area contributed by atoms with Crippen molar-refractivity contribution in [3.8, 4) is 11.5 Å². The zero-order valence-corrected chi connectivity index (χ0v) is 17.4. The van der Waals surface area contributed by atoms with Crippen LogP contribution in [0.2, 0.25) is 0 Å². The molecule has 29 heavy (non-hydrogen) atoms. The van der Waals surface area contributed by atoms with E-state index in [0.29, 0.717) is 23.2 Å². The molecule has 0 spiro atoms. The fraction of sp³-hybridized carbons (Fsp3) is 0.286. The molecule has 1 aliphatic rings. The molecular weight excluding hydrogens is 390 g/mol. The lowest BCUT2D eigenvalue weighted by atomic mass is 10.2. The Morgan fingerprint density at radius 1 is 1.21 bits per heavy atom. The number of amides is 2. The summed E-state index contributed by atoms with van der Waals surface area (Å²) in [4.78, 5) is 31.0. The third-order valence-corrected chi connectivity index (χ3v) is 5.49. The summed E-state index contributed by atoms with van der Waals surface area (Å²) >= 11 is 1.29. The van der Waals surface area contributed by atoms with Crippen LogP contribution in [-0.4, -0.2) is 47.9 Å². The molecule has 1 heterocycles. The molecule has 8 heteroatoms. The van der Waals surface area contributed by atoms with Crippen LogP contribution in [0.3, 0.4) is 0 Å². The fourth-order valence-electron chi connectivity index (χ4n) is 2.81. The first-order valence-corrected chi connectivity index (χ1v) is 10.1. The number of para-hydroxylation sites is 2. The monoisotopic (exact) mass is 413 g/mol. The van der Waals surface area contributed by atoms with Crippen LogP contribution in [0.25, 0.3) is 0 Å². The van der Waals surface area contributed by atoms with Gasteiger partial charge in [-0.15, -0.1) is 0 Å². The maximum atomic E-state index is 12.6. The number of methoxy groups -OCH3 is 1. The van der Waals surface area contributed by atoms with Gasteiger partial charge >= 0.3 is 0 Å². The van der Waals surface area contributed by atoms with Gasteiger partial charge in [-0.3, -0.25) is 14.5 Å². The maximum absolute atomic E-state index is 12.6. The number of hydrogen-bond donors (Lipinski definition) is 1. The summed E-state index contributed by atoms with van der Waals surface area (Å²) in [5.41, 5.74) is 1.29. The first kappa shape index (κ1) is 20.7. The SMILES string of the molecule is CCOc1ccc(N=C2SC(CC(=O)Nc3ccccc3OC)C(=O)N2C)cc1. The fourth-order valence-corrected chi connectivity index (χ4v) is 3.96. The largest absolute Gasteiger partial charge is 0.495 e. The third kappa shape index (κ3) is 5.08. The molecule has 1 saturated heterocycles. The summed E-state index contributed by atoms with van der Waals surface area (Å²) in [5.74, 6) is 0.942. The van der Waals surface area contributed by atoms with E-state index in [1.165, 1.54) is 16.7 Å². The molecule has 2 amide bonds. The molecule has 0 aliphatic carbocycles. The van der Waals surface area contributed by atoms with Crippen molar-refractivity contribution in [2.45, 2.75) is 18.6 Å². The summed E-state index contributed by atoms with van der Waals surface area (Å²) < 4.78 is 10.7. The molecule has 1 N–H and O–H groups in total. The van der Waals surface area contributed by atoms with Gasteiger partial charge in [0.15, 0.2) is 5.17 Å². The Kier molecular flexibility index (Phi) is 6.77. The number of carbonyl (C=O) groups excluding carboxylic acids is 2. The Bertz CT molecular complexity index is 914. The highest BCUT2D eigenvalue weighted by Crippen LogP contribution is 2.32. The van der Waals surface area contributed by atoms with Gasteiger partial charge in [0.2, 0.25) is 11.8 Å². The lowest BCUT2D eigenvalue weighted by Gasteiger charge is -2.11. The minimum atomic E-state index is -0.517. The number of nitrogens with zero attached hydrogens (tertiary/aromatic N) is 2. The number of anilines is 1. The highest BCUT2D eigenvalue weighted by Gasteiger charge is 2.37. The molecule has 0 radical (unpaired) electrons. The molecule has 1 fully saturated rings. The molecule has 2 aromatic rings. The van der Waals surface area contributed by atoms with E-state index in [9.17, 15) is 9.59 Å². The zero-order chi connectivity index (χ0) is 20.8. The number of amidine groups is 1. The van der Waals surface area contributed by atoms with Gasteiger partial charge in [-0.05, 0) is 43.3 Å². The van der Waals surface area contributed by atoms with Crippen molar-refractivity contribution >= 4 is 40.1 Å². The normalized spacial score (nSPS) is 17.5. The van der Waals surface area contributed by atoms with Crippen molar-refractivity contribution in [3.05, 3.63) is 48.5 Å². The molecule has 3 rings (SSSR count). The van der Waals surface area contributed by atoms with Crippen molar-refractivity contribution in [1.29, 1.82) is 0 Å². The molecule has 2 aromatic carbocycles. The lowest BCUT2D eigenvalue weighted by Crippen LogP contribution is -2.30. The van der Waals surface area contributed by atoms with Crippen LogP contribution in [0.15, 0.2) is 53.5 Å². The summed E-state index contributed by atoms with van der Waals surface area (Å²) in [5, 5.41) is 2.85. The average Bonchev–Trinajstić information content (AvgIpc) is 2.98. The summed E-state index contributed by atoms with van der Waals surface area (Å²) in [7, 11) is 3.21. The van der Waals surface area contributed by atoms with Gasteiger partial charge in [-0.1, -0.05) is 23.9 Å². The Morgan fingerprint density at radius 3 is 2.62 bits per heavy atom.